The molecule has 3 nitrogen and oxygen atoms in total. The molecule has 5 heteroatoms. The van der Waals surface area contributed by atoms with Gasteiger partial charge in [-0.2, -0.15) is 0 Å². The lowest BCUT2D eigenvalue weighted by Gasteiger charge is -2.14. The molecule has 0 saturated carbocycles. The van der Waals surface area contributed by atoms with E-state index in [2.05, 4.69) is 34.7 Å². The van der Waals surface area contributed by atoms with Crippen LogP contribution in [0.2, 0.25) is 0 Å². The Morgan fingerprint density at radius 1 is 1.42 bits per heavy atom. The Kier molecular flexibility index (Phi) is 5.51. The van der Waals surface area contributed by atoms with E-state index in [1.54, 1.807) is 18.4 Å². The van der Waals surface area contributed by atoms with E-state index in [4.69, 9.17) is 4.74 Å². The van der Waals surface area contributed by atoms with Gasteiger partial charge in [-0.3, -0.25) is 0 Å². The zero-order valence-corrected chi connectivity index (χ0v) is 13.2. The van der Waals surface area contributed by atoms with E-state index in [9.17, 15) is 0 Å². The van der Waals surface area contributed by atoms with Gasteiger partial charge in [0.25, 0.3) is 0 Å². The third-order valence-electron chi connectivity index (χ3n) is 2.85. The van der Waals surface area contributed by atoms with E-state index in [1.165, 1.54) is 9.75 Å². The first kappa shape index (κ1) is 14.7. The smallest absolute Gasteiger partial charge is 0.115 e. The summed E-state index contributed by atoms with van der Waals surface area (Å²) in [5, 5.41) is 6.78. The van der Waals surface area contributed by atoms with E-state index in [0.29, 0.717) is 6.61 Å². The first-order chi connectivity index (χ1) is 9.24. The molecule has 0 fully saturated rings. The Bertz CT molecular complexity index is 507. The van der Waals surface area contributed by atoms with Crippen molar-refractivity contribution in [2.45, 2.75) is 26.3 Å². The summed E-state index contributed by atoms with van der Waals surface area (Å²) in [7, 11) is 1.73. The molecular weight excluding hydrogens is 276 g/mol. The molecule has 2 aromatic heterocycles. The molecule has 0 aliphatic heterocycles. The Morgan fingerprint density at radius 2 is 2.26 bits per heavy atom. The van der Waals surface area contributed by atoms with Crippen LogP contribution in [0.5, 0.6) is 0 Å². The lowest BCUT2D eigenvalue weighted by atomic mass is 10.2. The standard InChI is InChI=1S/C14H20N2OS2/c1-4-11-5-6-12(19-11)13(15-7-8-17-3)14-16-10(2)9-18-14/h5-6,9,13,15H,4,7-8H2,1-3H3. The highest BCUT2D eigenvalue weighted by atomic mass is 32.1. The number of thiazole rings is 1. The molecule has 0 amide bonds. The van der Waals surface area contributed by atoms with Crippen molar-refractivity contribution in [1.29, 1.82) is 0 Å². The quantitative estimate of drug-likeness (QED) is 0.795. The van der Waals surface area contributed by atoms with Crippen LogP contribution < -0.4 is 5.32 Å². The summed E-state index contributed by atoms with van der Waals surface area (Å²) in [4.78, 5) is 7.38. The van der Waals surface area contributed by atoms with E-state index in [1.807, 2.05) is 18.3 Å². The zero-order chi connectivity index (χ0) is 13.7. The van der Waals surface area contributed by atoms with Crippen molar-refractivity contribution in [1.82, 2.24) is 10.3 Å². The third-order valence-corrected chi connectivity index (χ3v) is 5.18. The molecule has 104 valence electrons. The van der Waals surface area contributed by atoms with E-state index in [-0.39, 0.29) is 6.04 Å². The summed E-state index contributed by atoms with van der Waals surface area (Å²) in [6.07, 6.45) is 1.09. The van der Waals surface area contributed by atoms with Gasteiger partial charge in [-0.15, -0.1) is 22.7 Å². The molecule has 0 aliphatic carbocycles. The molecule has 0 aromatic carbocycles. The number of thiophene rings is 1. The number of aryl methyl sites for hydroxylation is 2. The van der Waals surface area contributed by atoms with Crippen molar-refractivity contribution in [3.05, 3.63) is 38.0 Å². The van der Waals surface area contributed by atoms with Crippen LogP contribution in [0, 0.1) is 6.92 Å². The lowest BCUT2D eigenvalue weighted by molar-refractivity contribution is 0.197. The average molecular weight is 296 g/mol. The Morgan fingerprint density at radius 3 is 2.84 bits per heavy atom. The predicted molar refractivity (Wildman–Crippen MR) is 82.3 cm³/mol. The van der Waals surface area contributed by atoms with Gasteiger partial charge in [0.05, 0.1) is 12.6 Å². The third kappa shape index (κ3) is 3.86. The maximum Gasteiger partial charge on any atom is 0.115 e. The van der Waals surface area contributed by atoms with Crippen molar-refractivity contribution in [2.75, 3.05) is 20.3 Å². The molecule has 1 atom stereocenters. The van der Waals surface area contributed by atoms with Crippen LogP contribution in [0.25, 0.3) is 0 Å². The minimum atomic E-state index is 0.194. The molecule has 1 N–H and O–H groups in total. The van der Waals surface area contributed by atoms with Crippen molar-refractivity contribution >= 4 is 22.7 Å². The fraction of sp³-hybridized carbons (Fsp3) is 0.500. The molecule has 2 rings (SSSR count). The van der Waals surface area contributed by atoms with Crippen molar-refractivity contribution in [3.63, 3.8) is 0 Å². The number of methoxy groups -OCH3 is 1. The first-order valence-electron chi connectivity index (χ1n) is 6.47. The van der Waals surface area contributed by atoms with Crippen LogP contribution in [0.3, 0.4) is 0 Å². The van der Waals surface area contributed by atoms with Crippen LogP contribution in [-0.4, -0.2) is 25.2 Å². The molecule has 2 heterocycles. The van der Waals surface area contributed by atoms with Crippen LogP contribution in [0.15, 0.2) is 17.5 Å². The van der Waals surface area contributed by atoms with E-state index < -0.39 is 0 Å². The van der Waals surface area contributed by atoms with Crippen molar-refractivity contribution in [3.8, 4) is 0 Å². The van der Waals surface area contributed by atoms with Gasteiger partial charge >= 0.3 is 0 Å². The zero-order valence-electron chi connectivity index (χ0n) is 11.6. The number of hydrogen-bond acceptors (Lipinski definition) is 5. The summed E-state index contributed by atoms with van der Waals surface area (Å²) >= 11 is 3.59. The van der Waals surface area contributed by atoms with Gasteiger partial charge in [0, 0.05) is 34.5 Å². The molecule has 0 bridgehead atoms. The fourth-order valence-electron chi connectivity index (χ4n) is 1.86. The predicted octanol–water partition coefficient (Wildman–Crippen LogP) is 3.40. The topological polar surface area (TPSA) is 34.1 Å². The second kappa shape index (κ2) is 7.14. The maximum absolute atomic E-state index is 5.12. The minimum absolute atomic E-state index is 0.194. The summed E-state index contributed by atoms with van der Waals surface area (Å²) in [5.74, 6) is 0. The lowest BCUT2D eigenvalue weighted by Crippen LogP contribution is -2.25. The summed E-state index contributed by atoms with van der Waals surface area (Å²) < 4.78 is 5.12. The molecule has 2 aromatic rings. The number of nitrogens with one attached hydrogen (secondary N) is 1. The summed E-state index contributed by atoms with van der Waals surface area (Å²) in [5.41, 5.74) is 1.09. The van der Waals surface area contributed by atoms with Crippen LogP contribution in [0.4, 0.5) is 0 Å². The number of nitrogens with zero attached hydrogens (tertiary/aromatic N) is 1. The maximum atomic E-state index is 5.12. The van der Waals surface area contributed by atoms with Crippen LogP contribution in [-0.2, 0) is 11.2 Å². The SMILES string of the molecule is CCc1ccc(C(NCCOC)c2nc(C)cs2)s1. The number of ether oxygens (including phenoxy) is 1. The second-order valence-electron chi connectivity index (χ2n) is 4.36. The molecule has 1 unspecified atom stereocenters. The van der Waals surface area contributed by atoms with Gasteiger partial charge in [-0.05, 0) is 25.5 Å². The summed E-state index contributed by atoms with van der Waals surface area (Å²) in [6, 6.07) is 4.62. The van der Waals surface area contributed by atoms with Crippen molar-refractivity contribution < 1.29 is 4.74 Å². The molecule has 0 radical (unpaired) electrons. The van der Waals surface area contributed by atoms with E-state index in [0.717, 1.165) is 23.7 Å². The van der Waals surface area contributed by atoms with Gasteiger partial charge in [0.2, 0.25) is 0 Å². The Hall–Kier alpha value is -0.750. The monoisotopic (exact) mass is 296 g/mol. The normalized spacial score (nSPS) is 12.8. The molecule has 0 saturated heterocycles. The molecule has 19 heavy (non-hydrogen) atoms. The number of rotatable bonds is 7. The van der Waals surface area contributed by atoms with Gasteiger partial charge < -0.3 is 10.1 Å². The Balaban J connectivity index is 2.18. The minimum Gasteiger partial charge on any atom is -0.383 e. The van der Waals surface area contributed by atoms with Gasteiger partial charge in [0.15, 0.2) is 0 Å². The first-order valence-corrected chi connectivity index (χ1v) is 8.17. The highest BCUT2D eigenvalue weighted by Gasteiger charge is 2.18. The fourth-order valence-corrected chi connectivity index (χ4v) is 3.85. The molecule has 0 aliphatic rings. The van der Waals surface area contributed by atoms with Crippen LogP contribution >= 0.6 is 22.7 Å². The number of hydrogen-bond donors (Lipinski definition) is 1. The van der Waals surface area contributed by atoms with Gasteiger partial charge in [-0.1, -0.05) is 6.92 Å². The van der Waals surface area contributed by atoms with Crippen molar-refractivity contribution in [2.24, 2.45) is 0 Å². The Labute approximate surface area is 122 Å². The van der Waals surface area contributed by atoms with Crippen LogP contribution in [0.1, 0.15) is 33.4 Å². The summed E-state index contributed by atoms with van der Waals surface area (Å²) in [6.45, 7) is 5.78. The average Bonchev–Trinajstić information content (AvgIpc) is 3.04. The highest BCUT2D eigenvalue weighted by molar-refractivity contribution is 7.12. The molecular formula is C14H20N2OS2. The largest absolute Gasteiger partial charge is 0.383 e. The second-order valence-corrected chi connectivity index (χ2v) is 6.45. The van der Waals surface area contributed by atoms with Gasteiger partial charge in [0.1, 0.15) is 5.01 Å². The highest BCUT2D eigenvalue weighted by Crippen LogP contribution is 2.30. The molecule has 0 spiro atoms. The van der Waals surface area contributed by atoms with Gasteiger partial charge in [-0.25, -0.2) is 4.98 Å². The number of aromatic nitrogens is 1. The van der Waals surface area contributed by atoms with E-state index >= 15 is 0 Å².